The highest BCUT2D eigenvalue weighted by molar-refractivity contribution is 6.11. The van der Waals surface area contributed by atoms with Crippen LogP contribution in [0.3, 0.4) is 0 Å². The molecule has 0 atom stereocenters. The van der Waals surface area contributed by atoms with Gasteiger partial charge in [0.25, 0.3) is 5.91 Å². The first-order chi connectivity index (χ1) is 13.2. The van der Waals surface area contributed by atoms with Crippen LogP contribution in [-0.4, -0.2) is 37.6 Å². The minimum atomic E-state index is -0.331. The Balaban J connectivity index is 2.16. The van der Waals surface area contributed by atoms with Crippen molar-refractivity contribution in [3.8, 4) is 17.0 Å². The van der Waals surface area contributed by atoms with Crippen molar-refractivity contribution in [2.45, 2.75) is 0 Å². The van der Waals surface area contributed by atoms with Crippen LogP contribution in [0.5, 0.6) is 5.75 Å². The van der Waals surface area contributed by atoms with Gasteiger partial charge in [-0.15, -0.1) is 0 Å². The number of hydrazone groups is 1. The molecule has 1 aromatic heterocycles. The number of nitrogens with zero attached hydrogens (tertiary/aromatic N) is 2. The molecule has 3 rings (SSSR count). The van der Waals surface area contributed by atoms with Crippen LogP contribution in [0.15, 0.2) is 59.7 Å². The number of fused-ring (bicyclic) bond motifs is 1. The van der Waals surface area contributed by atoms with Gasteiger partial charge < -0.3 is 20.6 Å². The van der Waals surface area contributed by atoms with E-state index in [0.717, 1.165) is 11.9 Å². The number of benzene rings is 2. The van der Waals surface area contributed by atoms with Crippen LogP contribution in [0.25, 0.3) is 22.2 Å². The molecular weight excluding hydrogens is 344 g/mol. The van der Waals surface area contributed by atoms with Crippen LogP contribution >= 0.6 is 0 Å². The molecule has 0 fully saturated rings. The van der Waals surface area contributed by atoms with E-state index in [1.54, 1.807) is 13.2 Å². The van der Waals surface area contributed by atoms with Crippen LogP contribution in [-0.2, 0) is 4.74 Å². The number of rotatable bonds is 7. The van der Waals surface area contributed by atoms with Crippen molar-refractivity contribution in [3.63, 3.8) is 0 Å². The predicted molar refractivity (Wildman–Crippen MR) is 105 cm³/mol. The Morgan fingerprint density at radius 3 is 2.74 bits per heavy atom. The molecule has 7 nitrogen and oxygen atoms in total. The van der Waals surface area contributed by atoms with Gasteiger partial charge in [0.15, 0.2) is 0 Å². The van der Waals surface area contributed by atoms with E-state index in [9.17, 15) is 4.79 Å². The zero-order valence-electron chi connectivity index (χ0n) is 14.9. The first kappa shape index (κ1) is 18.3. The molecule has 0 aliphatic heterocycles. The monoisotopic (exact) mass is 364 g/mol. The van der Waals surface area contributed by atoms with Gasteiger partial charge in [-0.2, -0.15) is 5.10 Å². The fourth-order valence-electron chi connectivity index (χ4n) is 2.69. The van der Waals surface area contributed by atoms with Crippen molar-refractivity contribution in [1.29, 1.82) is 0 Å². The number of carbonyl (C=O) groups is 1. The molecule has 0 saturated heterocycles. The molecule has 1 amide bonds. The first-order valence-corrected chi connectivity index (χ1v) is 8.38. The maximum atomic E-state index is 12.6. The molecule has 0 saturated carbocycles. The number of nitrogens with two attached hydrogens (primary N) is 1. The van der Waals surface area contributed by atoms with Crippen LogP contribution in [0.1, 0.15) is 10.4 Å². The number of hydrogen-bond donors (Lipinski definition) is 2. The summed E-state index contributed by atoms with van der Waals surface area (Å²) in [6.07, 6.45) is 1.15. The smallest absolute Gasteiger partial charge is 0.257 e. The van der Waals surface area contributed by atoms with Gasteiger partial charge in [-0.05, 0) is 12.1 Å². The number of amides is 1. The Morgan fingerprint density at radius 2 is 2.00 bits per heavy atom. The van der Waals surface area contributed by atoms with Crippen LogP contribution in [0.2, 0.25) is 0 Å². The molecule has 27 heavy (non-hydrogen) atoms. The van der Waals surface area contributed by atoms with Gasteiger partial charge in [-0.1, -0.05) is 42.5 Å². The average Bonchev–Trinajstić information content (AvgIpc) is 2.72. The fraction of sp³-hybridized carbons (Fsp3) is 0.150. The Kier molecular flexibility index (Phi) is 5.96. The van der Waals surface area contributed by atoms with Crippen LogP contribution in [0, 0.1) is 0 Å². The van der Waals surface area contributed by atoms with E-state index in [1.807, 2.05) is 48.5 Å². The van der Waals surface area contributed by atoms with E-state index >= 15 is 0 Å². The van der Waals surface area contributed by atoms with E-state index in [4.69, 9.17) is 20.3 Å². The second-order valence-electron chi connectivity index (χ2n) is 5.67. The third-order valence-electron chi connectivity index (χ3n) is 3.93. The van der Waals surface area contributed by atoms with Gasteiger partial charge in [0.05, 0.1) is 17.9 Å². The van der Waals surface area contributed by atoms with Crippen molar-refractivity contribution < 1.29 is 14.3 Å². The summed E-state index contributed by atoms with van der Waals surface area (Å²) in [5.74, 6) is 5.35. The summed E-state index contributed by atoms with van der Waals surface area (Å²) in [5, 5.41) is 6.54. The molecule has 0 aliphatic carbocycles. The van der Waals surface area contributed by atoms with E-state index in [0.29, 0.717) is 41.1 Å². The van der Waals surface area contributed by atoms with Gasteiger partial charge in [-0.25, -0.2) is 4.98 Å². The van der Waals surface area contributed by atoms with E-state index in [-0.39, 0.29) is 5.91 Å². The third kappa shape index (κ3) is 4.21. The lowest BCUT2D eigenvalue weighted by molar-refractivity contribution is 0.0980. The second-order valence-corrected chi connectivity index (χ2v) is 5.67. The van der Waals surface area contributed by atoms with E-state index in [2.05, 4.69) is 10.4 Å². The van der Waals surface area contributed by atoms with Crippen molar-refractivity contribution >= 4 is 23.1 Å². The van der Waals surface area contributed by atoms with Gasteiger partial charge in [-0.3, -0.25) is 4.79 Å². The van der Waals surface area contributed by atoms with Gasteiger partial charge in [0, 0.05) is 18.1 Å². The highest BCUT2D eigenvalue weighted by Crippen LogP contribution is 2.30. The SMILES string of the molecule is COCCOc1cccc2c(C(=O)NC=NN)cc(-c3ccccc3)nc12. The quantitative estimate of drug-likeness (QED) is 0.221. The molecular formula is C20H20N4O3. The molecule has 2 aromatic carbocycles. The molecule has 7 heteroatoms. The Labute approximate surface area is 156 Å². The van der Waals surface area contributed by atoms with Crippen molar-refractivity contribution in [2.24, 2.45) is 10.9 Å². The Bertz CT molecular complexity index is 958. The number of pyridine rings is 1. The summed E-state index contributed by atoms with van der Waals surface area (Å²) in [5.41, 5.74) is 2.62. The molecule has 0 aliphatic rings. The lowest BCUT2D eigenvalue weighted by atomic mass is 10.0. The second kappa shape index (κ2) is 8.77. The zero-order chi connectivity index (χ0) is 19.1. The molecule has 0 bridgehead atoms. The van der Waals surface area contributed by atoms with E-state index in [1.165, 1.54) is 0 Å². The van der Waals surface area contributed by atoms with Crippen molar-refractivity contribution in [2.75, 3.05) is 20.3 Å². The van der Waals surface area contributed by atoms with Gasteiger partial charge in [0.2, 0.25) is 0 Å². The summed E-state index contributed by atoms with van der Waals surface area (Å²) >= 11 is 0. The summed E-state index contributed by atoms with van der Waals surface area (Å²) < 4.78 is 10.8. The normalized spacial score (nSPS) is 11.0. The molecule has 1 heterocycles. The standard InChI is InChI=1S/C20H20N4O3/c1-26-10-11-27-18-9-5-8-15-16(20(25)22-13-23-21)12-17(24-19(15)18)14-6-3-2-4-7-14/h2-9,12-13H,10-11,21H2,1H3,(H,22,23,25). The number of nitrogens with one attached hydrogen (secondary N) is 1. The molecule has 3 N–H and O–H groups in total. The van der Waals surface area contributed by atoms with Crippen molar-refractivity contribution in [3.05, 3.63) is 60.2 Å². The van der Waals surface area contributed by atoms with E-state index < -0.39 is 0 Å². The van der Waals surface area contributed by atoms with Gasteiger partial charge >= 0.3 is 0 Å². The maximum Gasteiger partial charge on any atom is 0.257 e. The maximum absolute atomic E-state index is 12.6. The summed E-state index contributed by atoms with van der Waals surface area (Å²) in [6.45, 7) is 0.837. The summed E-state index contributed by atoms with van der Waals surface area (Å²) in [7, 11) is 1.61. The third-order valence-corrected chi connectivity index (χ3v) is 3.93. The highest BCUT2D eigenvalue weighted by atomic mass is 16.5. The average molecular weight is 364 g/mol. The minimum absolute atomic E-state index is 0.331. The minimum Gasteiger partial charge on any atom is -0.489 e. The summed E-state index contributed by atoms with van der Waals surface area (Å²) in [6, 6.07) is 16.9. The molecule has 0 spiro atoms. The highest BCUT2D eigenvalue weighted by Gasteiger charge is 2.16. The van der Waals surface area contributed by atoms with Gasteiger partial charge in [0.1, 0.15) is 24.2 Å². The topological polar surface area (TPSA) is 98.8 Å². The number of ether oxygens (including phenoxy) is 2. The van der Waals surface area contributed by atoms with Crippen LogP contribution < -0.4 is 15.9 Å². The first-order valence-electron chi connectivity index (χ1n) is 8.38. The van der Waals surface area contributed by atoms with Crippen LogP contribution in [0.4, 0.5) is 0 Å². The number of carbonyl (C=O) groups excluding carboxylic acids is 1. The fourth-order valence-corrected chi connectivity index (χ4v) is 2.69. The number of hydrogen-bond acceptors (Lipinski definition) is 6. The number of aromatic nitrogens is 1. The summed E-state index contributed by atoms with van der Waals surface area (Å²) in [4.78, 5) is 17.4. The number of para-hydroxylation sites is 1. The lowest BCUT2D eigenvalue weighted by Crippen LogP contribution is -2.22. The molecule has 0 unspecified atom stereocenters. The molecule has 0 radical (unpaired) electrons. The Hall–Kier alpha value is -3.45. The lowest BCUT2D eigenvalue weighted by Gasteiger charge is -2.13. The molecule has 3 aromatic rings. The number of methoxy groups -OCH3 is 1. The Morgan fingerprint density at radius 1 is 1.19 bits per heavy atom. The molecule has 138 valence electrons. The largest absolute Gasteiger partial charge is 0.489 e. The van der Waals surface area contributed by atoms with Crippen molar-refractivity contribution in [1.82, 2.24) is 10.3 Å². The zero-order valence-corrected chi connectivity index (χ0v) is 14.9. The predicted octanol–water partition coefficient (Wildman–Crippen LogP) is 2.56.